The quantitative estimate of drug-likeness (QED) is 0.477. The molecule has 0 spiro atoms. The number of amides is 1. The Balaban J connectivity index is 1.56. The zero-order valence-corrected chi connectivity index (χ0v) is 18.0. The highest BCUT2D eigenvalue weighted by atomic mass is 32.2. The van der Waals surface area contributed by atoms with Crippen molar-refractivity contribution >= 4 is 27.1 Å². The number of carbonyl (C=O) groups excluding carboxylic acids is 1. The number of benzene rings is 2. The molecule has 32 heavy (non-hydrogen) atoms. The SMILES string of the molecule is CS(=O)(=O)c1cccc(-c2cnc3cnc(C(=O)N4CCCc5cc(F)ccc54)cn23)c1. The molecule has 2 aromatic heterocycles. The Bertz CT molecular complexity index is 1480. The van der Waals surface area contributed by atoms with Gasteiger partial charge in [0.15, 0.2) is 15.5 Å². The molecule has 0 fully saturated rings. The molecule has 0 saturated carbocycles. The molecule has 4 aromatic rings. The van der Waals surface area contributed by atoms with Gasteiger partial charge in [-0.05, 0) is 48.7 Å². The molecule has 0 bridgehead atoms. The number of hydrogen-bond donors (Lipinski definition) is 0. The summed E-state index contributed by atoms with van der Waals surface area (Å²) in [4.78, 5) is 23.7. The maximum atomic E-state index is 13.6. The molecule has 0 atom stereocenters. The molecule has 3 heterocycles. The van der Waals surface area contributed by atoms with Crippen molar-refractivity contribution in [2.45, 2.75) is 17.7 Å². The van der Waals surface area contributed by atoms with Gasteiger partial charge in [0.2, 0.25) is 0 Å². The van der Waals surface area contributed by atoms with Gasteiger partial charge in [-0.2, -0.15) is 0 Å². The highest BCUT2D eigenvalue weighted by Gasteiger charge is 2.25. The second-order valence-corrected chi connectivity index (χ2v) is 9.79. The number of nitrogens with zero attached hydrogens (tertiary/aromatic N) is 4. The Labute approximate surface area is 184 Å². The lowest BCUT2D eigenvalue weighted by molar-refractivity contribution is 0.0980. The van der Waals surface area contributed by atoms with Gasteiger partial charge >= 0.3 is 0 Å². The normalized spacial score (nSPS) is 13.9. The standard InChI is InChI=1S/C23H19FN4O3S/c1-32(30,31)18-6-2-4-16(11-18)21-12-26-22-13-25-19(14-28(21)22)23(29)27-9-3-5-15-10-17(24)7-8-20(15)27/h2,4,6-8,10-14H,3,5,9H2,1H3. The number of rotatable bonds is 3. The topological polar surface area (TPSA) is 84.6 Å². The van der Waals surface area contributed by atoms with Gasteiger partial charge in [-0.3, -0.25) is 9.20 Å². The van der Waals surface area contributed by atoms with Crippen molar-refractivity contribution in [2.24, 2.45) is 0 Å². The number of imidazole rings is 1. The van der Waals surface area contributed by atoms with E-state index >= 15 is 0 Å². The molecule has 5 rings (SSSR count). The molecule has 7 nitrogen and oxygen atoms in total. The van der Waals surface area contributed by atoms with Gasteiger partial charge in [0.05, 0.1) is 23.0 Å². The number of hydrogen-bond acceptors (Lipinski definition) is 5. The average molecular weight is 450 g/mol. The smallest absolute Gasteiger partial charge is 0.278 e. The van der Waals surface area contributed by atoms with Crippen LogP contribution in [0.25, 0.3) is 16.9 Å². The van der Waals surface area contributed by atoms with Crippen LogP contribution in [0.15, 0.2) is 66.0 Å². The van der Waals surface area contributed by atoms with Crippen molar-refractivity contribution in [3.8, 4) is 11.3 Å². The van der Waals surface area contributed by atoms with Crippen LogP contribution in [0.2, 0.25) is 0 Å². The molecule has 0 unspecified atom stereocenters. The Morgan fingerprint density at radius 3 is 2.75 bits per heavy atom. The zero-order chi connectivity index (χ0) is 22.5. The van der Waals surface area contributed by atoms with Gasteiger partial charge in [0, 0.05) is 30.2 Å². The zero-order valence-electron chi connectivity index (χ0n) is 17.2. The van der Waals surface area contributed by atoms with Crippen molar-refractivity contribution < 1.29 is 17.6 Å². The van der Waals surface area contributed by atoms with Crippen molar-refractivity contribution in [3.05, 3.63) is 78.1 Å². The first-order valence-electron chi connectivity index (χ1n) is 10.1. The Hall–Kier alpha value is -3.59. The maximum absolute atomic E-state index is 13.6. The largest absolute Gasteiger partial charge is 0.307 e. The van der Waals surface area contributed by atoms with E-state index in [1.54, 1.807) is 46.0 Å². The van der Waals surface area contributed by atoms with Crippen LogP contribution in [0, 0.1) is 5.82 Å². The average Bonchev–Trinajstić information content (AvgIpc) is 3.21. The molecule has 9 heteroatoms. The molecule has 0 saturated heterocycles. The first kappa shape index (κ1) is 20.3. The van der Waals surface area contributed by atoms with Gasteiger partial charge in [0.25, 0.3) is 5.91 Å². The highest BCUT2D eigenvalue weighted by molar-refractivity contribution is 7.90. The minimum Gasteiger partial charge on any atom is -0.307 e. The highest BCUT2D eigenvalue weighted by Crippen LogP contribution is 2.29. The van der Waals surface area contributed by atoms with Crippen LogP contribution in [0.3, 0.4) is 0 Å². The van der Waals surface area contributed by atoms with E-state index in [1.807, 2.05) is 0 Å². The summed E-state index contributed by atoms with van der Waals surface area (Å²) >= 11 is 0. The first-order valence-corrected chi connectivity index (χ1v) is 11.9. The number of anilines is 1. The lowest BCUT2D eigenvalue weighted by Crippen LogP contribution is -2.36. The third-order valence-corrected chi connectivity index (χ3v) is 6.69. The number of fused-ring (bicyclic) bond motifs is 2. The number of halogens is 1. The molecule has 2 aromatic carbocycles. The lowest BCUT2D eigenvalue weighted by atomic mass is 10.0. The third-order valence-electron chi connectivity index (χ3n) is 5.58. The molecular formula is C23H19FN4O3S. The van der Waals surface area contributed by atoms with Crippen molar-refractivity contribution in [1.82, 2.24) is 14.4 Å². The van der Waals surface area contributed by atoms with Crippen molar-refractivity contribution in [2.75, 3.05) is 17.7 Å². The first-order chi connectivity index (χ1) is 15.3. The lowest BCUT2D eigenvalue weighted by Gasteiger charge is -2.29. The van der Waals surface area contributed by atoms with E-state index in [0.717, 1.165) is 18.2 Å². The summed E-state index contributed by atoms with van der Waals surface area (Å²) in [6.07, 6.45) is 7.33. The molecule has 162 valence electrons. The van der Waals surface area contributed by atoms with Gasteiger partial charge in [-0.15, -0.1) is 0 Å². The minimum absolute atomic E-state index is 0.201. The van der Waals surface area contributed by atoms with Crippen LogP contribution in [-0.2, 0) is 16.3 Å². The van der Waals surface area contributed by atoms with E-state index in [-0.39, 0.29) is 22.3 Å². The summed E-state index contributed by atoms with van der Waals surface area (Å²) < 4.78 is 39.3. The molecule has 0 N–H and O–H groups in total. The van der Waals surface area contributed by atoms with Crippen LogP contribution in [0.5, 0.6) is 0 Å². The third kappa shape index (κ3) is 3.54. The van der Waals surface area contributed by atoms with Crippen LogP contribution in [-0.4, -0.2) is 41.5 Å². The minimum atomic E-state index is -3.37. The number of sulfone groups is 1. The summed E-state index contributed by atoms with van der Waals surface area (Å²) in [7, 11) is -3.37. The Morgan fingerprint density at radius 2 is 1.94 bits per heavy atom. The van der Waals surface area contributed by atoms with Crippen molar-refractivity contribution in [1.29, 1.82) is 0 Å². The van der Waals surface area contributed by atoms with Crippen LogP contribution >= 0.6 is 0 Å². The van der Waals surface area contributed by atoms with E-state index < -0.39 is 9.84 Å². The summed E-state index contributed by atoms with van der Waals surface area (Å²) in [5, 5.41) is 0. The number of aromatic nitrogens is 3. The van der Waals surface area contributed by atoms with E-state index in [0.29, 0.717) is 35.6 Å². The fourth-order valence-corrected chi connectivity index (χ4v) is 4.68. The van der Waals surface area contributed by atoms with Crippen LogP contribution in [0.4, 0.5) is 10.1 Å². The molecule has 1 aliphatic rings. The van der Waals surface area contributed by atoms with Crippen LogP contribution < -0.4 is 4.90 Å². The molecular weight excluding hydrogens is 431 g/mol. The predicted molar refractivity (Wildman–Crippen MR) is 118 cm³/mol. The molecule has 1 amide bonds. The van der Waals surface area contributed by atoms with E-state index in [1.165, 1.54) is 24.4 Å². The van der Waals surface area contributed by atoms with Crippen molar-refractivity contribution in [3.63, 3.8) is 0 Å². The van der Waals surface area contributed by atoms with Crippen LogP contribution in [0.1, 0.15) is 22.5 Å². The van der Waals surface area contributed by atoms with E-state index in [9.17, 15) is 17.6 Å². The Morgan fingerprint density at radius 1 is 1.09 bits per heavy atom. The van der Waals surface area contributed by atoms with Gasteiger partial charge in [-0.25, -0.2) is 22.8 Å². The molecule has 1 aliphatic heterocycles. The summed E-state index contributed by atoms with van der Waals surface area (Å²) in [5.41, 5.74) is 3.53. The van der Waals surface area contributed by atoms with E-state index in [4.69, 9.17) is 0 Å². The number of aryl methyl sites for hydroxylation is 1. The fraction of sp³-hybridized carbons (Fsp3) is 0.174. The predicted octanol–water partition coefficient (Wildman–Crippen LogP) is 3.53. The number of carbonyl (C=O) groups is 1. The molecule has 0 radical (unpaired) electrons. The summed E-state index contributed by atoms with van der Waals surface area (Å²) in [5.74, 6) is -0.610. The fourth-order valence-electron chi connectivity index (χ4n) is 4.01. The van der Waals surface area contributed by atoms with E-state index in [2.05, 4.69) is 9.97 Å². The monoisotopic (exact) mass is 450 g/mol. The maximum Gasteiger partial charge on any atom is 0.278 e. The second-order valence-electron chi connectivity index (χ2n) is 7.78. The summed E-state index contributed by atoms with van der Waals surface area (Å²) in [6, 6.07) is 11.0. The summed E-state index contributed by atoms with van der Waals surface area (Å²) in [6.45, 7) is 0.518. The molecule has 0 aliphatic carbocycles. The second kappa shape index (κ2) is 7.52. The van der Waals surface area contributed by atoms with Gasteiger partial charge in [-0.1, -0.05) is 12.1 Å². The van der Waals surface area contributed by atoms with Gasteiger partial charge < -0.3 is 4.90 Å². The Kier molecular flexibility index (Phi) is 4.78. The van der Waals surface area contributed by atoms with Gasteiger partial charge in [0.1, 0.15) is 11.5 Å².